The number of imidazole rings is 1. The molecule has 34 heavy (non-hydrogen) atoms. The minimum absolute atomic E-state index is 0.0534. The molecule has 0 radical (unpaired) electrons. The molecule has 1 aromatic carbocycles. The number of carboxylic acids is 1. The minimum atomic E-state index is -5.08. The normalized spacial score (nSPS) is 14.4. The van der Waals surface area contributed by atoms with E-state index in [1.54, 1.807) is 19.6 Å². The van der Waals surface area contributed by atoms with Crippen molar-refractivity contribution in [1.29, 1.82) is 0 Å². The molecule has 1 aliphatic heterocycles. The van der Waals surface area contributed by atoms with E-state index >= 15 is 0 Å². The van der Waals surface area contributed by atoms with Crippen molar-refractivity contribution in [1.82, 2.24) is 24.3 Å². The first-order valence-corrected chi connectivity index (χ1v) is 10.3. The third-order valence-electron chi connectivity index (χ3n) is 4.86. The number of benzene rings is 1. The number of carboxylic acid groups (broad SMARTS) is 1. The number of ether oxygens (including phenoxy) is 1. The van der Waals surface area contributed by atoms with Crippen LogP contribution in [-0.4, -0.2) is 48.7 Å². The summed E-state index contributed by atoms with van der Waals surface area (Å²) in [5, 5.41) is 15.4. The Labute approximate surface area is 197 Å². The number of nitrogens with zero attached hydrogens (tertiary/aromatic N) is 5. The van der Waals surface area contributed by atoms with Crippen molar-refractivity contribution < 1.29 is 27.8 Å². The highest BCUT2D eigenvalue weighted by atomic mass is 35.5. The maximum absolute atomic E-state index is 10.6. The number of alkyl halides is 3. The van der Waals surface area contributed by atoms with Crippen LogP contribution in [0, 0.1) is 0 Å². The molecule has 0 amide bonds. The van der Waals surface area contributed by atoms with E-state index in [1.807, 2.05) is 27.4 Å². The quantitative estimate of drug-likeness (QED) is 0.500. The van der Waals surface area contributed by atoms with Gasteiger partial charge in [-0.3, -0.25) is 0 Å². The molecule has 1 aliphatic rings. The third kappa shape index (κ3) is 5.87. The van der Waals surface area contributed by atoms with Gasteiger partial charge in [-0.1, -0.05) is 37.6 Å². The summed E-state index contributed by atoms with van der Waals surface area (Å²) in [6.45, 7) is 5.10. The first-order valence-electron chi connectivity index (χ1n) is 9.96. The molecule has 2 N–H and O–H groups in total. The Morgan fingerprint density at radius 2 is 2.00 bits per heavy atom. The molecule has 0 saturated heterocycles. The molecule has 0 atom stereocenters. The Hall–Kier alpha value is -3.54. The summed E-state index contributed by atoms with van der Waals surface area (Å²) in [4.78, 5) is 17.7. The fourth-order valence-electron chi connectivity index (χ4n) is 3.19. The van der Waals surface area contributed by atoms with Crippen LogP contribution < -0.4 is 10.1 Å². The van der Waals surface area contributed by atoms with Gasteiger partial charge in [0.2, 0.25) is 5.95 Å². The zero-order valence-corrected chi connectivity index (χ0v) is 19.2. The van der Waals surface area contributed by atoms with Crippen LogP contribution in [0.5, 0.6) is 5.75 Å². The van der Waals surface area contributed by atoms with E-state index in [9.17, 15) is 13.2 Å². The van der Waals surface area contributed by atoms with Crippen LogP contribution in [0.15, 0.2) is 42.9 Å². The standard InChI is InChI=1S/C19H21ClN6O.C2HF3O2/c1-19(2)8-4-5-9-26-17(19)23-18(24-26)22-13-6-7-14(15(10-13)27-3)25-11-16(20)21-12-25;3-2(4,5)1(6)7/h4-7,10-12H,8-9H2,1-3H3,(H,22,24);(H,6,7). The Morgan fingerprint density at radius 1 is 1.29 bits per heavy atom. The van der Waals surface area contributed by atoms with E-state index in [1.165, 1.54) is 0 Å². The maximum atomic E-state index is 10.6. The lowest BCUT2D eigenvalue weighted by Crippen LogP contribution is -2.21. The van der Waals surface area contributed by atoms with Crippen LogP contribution in [0.3, 0.4) is 0 Å². The fraction of sp³-hybridized carbons (Fsp3) is 0.333. The summed E-state index contributed by atoms with van der Waals surface area (Å²) < 4.78 is 41.0. The molecule has 0 spiro atoms. The second-order valence-electron chi connectivity index (χ2n) is 7.92. The van der Waals surface area contributed by atoms with Crippen LogP contribution in [-0.2, 0) is 16.8 Å². The van der Waals surface area contributed by atoms with Gasteiger partial charge in [-0.15, -0.1) is 5.10 Å². The van der Waals surface area contributed by atoms with Gasteiger partial charge in [0, 0.05) is 23.4 Å². The summed E-state index contributed by atoms with van der Waals surface area (Å²) in [7, 11) is 1.63. The van der Waals surface area contributed by atoms with Crippen molar-refractivity contribution in [3.05, 3.63) is 53.9 Å². The topological polar surface area (TPSA) is 107 Å². The average molecular weight is 499 g/mol. The maximum Gasteiger partial charge on any atom is 0.490 e. The first kappa shape index (κ1) is 25.1. The number of carbonyl (C=O) groups is 1. The SMILES string of the molecule is COc1cc(Nc2nc3n(n2)CC=CCC3(C)C)ccc1-n1cnc(Cl)c1.O=C(O)C(F)(F)F. The van der Waals surface area contributed by atoms with Gasteiger partial charge in [-0.05, 0) is 18.6 Å². The van der Waals surface area contributed by atoms with Gasteiger partial charge in [0.15, 0.2) is 0 Å². The van der Waals surface area contributed by atoms with Gasteiger partial charge in [0.05, 0.1) is 19.3 Å². The Bertz CT molecular complexity index is 1200. The molecule has 9 nitrogen and oxygen atoms in total. The highest BCUT2D eigenvalue weighted by Crippen LogP contribution is 2.31. The van der Waals surface area contributed by atoms with Gasteiger partial charge in [0.1, 0.15) is 23.1 Å². The second kappa shape index (κ2) is 9.75. The summed E-state index contributed by atoms with van der Waals surface area (Å²) in [6.07, 6.45) is 3.56. The molecule has 182 valence electrons. The van der Waals surface area contributed by atoms with Crippen molar-refractivity contribution in [2.24, 2.45) is 0 Å². The largest absolute Gasteiger partial charge is 0.494 e. The molecule has 0 saturated carbocycles. The molecule has 0 aliphatic carbocycles. The monoisotopic (exact) mass is 498 g/mol. The molecular weight excluding hydrogens is 477 g/mol. The molecule has 0 fully saturated rings. The van der Waals surface area contributed by atoms with Crippen LogP contribution in [0.4, 0.5) is 24.8 Å². The zero-order valence-electron chi connectivity index (χ0n) is 18.5. The van der Waals surface area contributed by atoms with Crippen LogP contribution in [0.2, 0.25) is 5.15 Å². The molecule has 0 bridgehead atoms. The zero-order chi connectivity index (χ0) is 25.1. The fourth-order valence-corrected chi connectivity index (χ4v) is 3.34. The van der Waals surface area contributed by atoms with E-state index in [0.717, 1.165) is 30.2 Å². The van der Waals surface area contributed by atoms with Crippen LogP contribution in [0.25, 0.3) is 5.69 Å². The van der Waals surface area contributed by atoms with E-state index in [-0.39, 0.29) is 5.41 Å². The van der Waals surface area contributed by atoms with Crippen LogP contribution >= 0.6 is 11.6 Å². The number of rotatable bonds is 4. The molecule has 4 rings (SSSR count). The van der Waals surface area contributed by atoms with E-state index < -0.39 is 12.1 Å². The summed E-state index contributed by atoms with van der Waals surface area (Å²) in [6, 6.07) is 5.79. The summed E-state index contributed by atoms with van der Waals surface area (Å²) in [5.74, 6) is -0.508. The molecular formula is C21H22ClF3N6O3. The van der Waals surface area contributed by atoms with Crippen molar-refractivity contribution >= 4 is 29.2 Å². The van der Waals surface area contributed by atoms with Gasteiger partial charge in [0.25, 0.3) is 0 Å². The van der Waals surface area contributed by atoms with Crippen molar-refractivity contribution in [3.63, 3.8) is 0 Å². The first-order chi connectivity index (χ1) is 15.9. The van der Waals surface area contributed by atoms with Gasteiger partial charge in [-0.2, -0.15) is 18.2 Å². The van der Waals surface area contributed by atoms with Crippen molar-refractivity contribution in [3.8, 4) is 11.4 Å². The number of anilines is 2. The summed E-state index contributed by atoms with van der Waals surface area (Å²) >= 11 is 5.92. The number of allylic oxidation sites excluding steroid dienone is 2. The lowest BCUT2D eigenvalue weighted by atomic mass is 9.89. The predicted molar refractivity (Wildman–Crippen MR) is 119 cm³/mol. The van der Waals surface area contributed by atoms with Gasteiger partial charge >= 0.3 is 12.1 Å². The highest BCUT2D eigenvalue weighted by molar-refractivity contribution is 6.29. The van der Waals surface area contributed by atoms with E-state index in [2.05, 4.69) is 41.4 Å². The average Bonchev–Trinajstić information content (AvgIpc) is 3.34. The second-order valence-corrected chi connectivity index (χ2v) is 8.31. The Morgan fingerprint density at radius 3 is 2.59 bits per heavy atom. The number of halogens is 4. The number of aliphatic carboxylic acids is 1. The predicted octanol–water partition coefficient (Wildman–Crippen LogP) is 4.74. The van der Waals surface area contributed by atoms with E-state index in [4.69, 9.17) is 31.2 Å². The minimum Gasteiger partial charge on any atom is -0.494 e. The van der Waals surface area contributed by atoms with Crippen LogP contribution in [0.1, 0.15) is 26.1 Å². The van der Waals surface area contributed by atoms with Crippen molar-refractivity contribution in [2.45, 2.75) is 38.4 Å². The molecule has 13 heteroatoms. The number of nitrogens with one attached hydrogen (secondary N) is 1. The van der Waals surface area contributed by atoms with E-state index in [0.29, 0.717) is 16.9 Å². The van der Waals surface area contributed by atoms with Gasteiger partial charge < -0.3 is 19.7 Å². The number of methoxy groups -OCH3 is 1. The Kier molecular flexibility index (Phi) is 7.20. The number of aromatic nitrogens is 5. The lowest BCUT2D eigenvalue weighted by Gasteiger charge is -2.20. The molecule has 3 heterocycles. The lowest BCUT2D eigenvalue weighted by molar-refractivity contribution is -0.192. The number of hydrogen-bond acceptors (Lipinski definition) is 6. The third-order valence-corrected chi connectivity index (χ3v) is 5.05. The van der Waals surface area contributed by atoms with Gasteiger partial charge in [-0.25, -0.2) is 14.5 Å². The highest BCUT2D eigenvalue weighted by Gasteiger charge is 2.38. The van der Waals surface area contributed by atoms with Crippen molar-refractivity contribution in [2.75, 3.05) is 12.4 Å². The smallest absolute Gasteiger partial charge is 0.490 e. The Balaban J connectivity index is 0.000000406. The summed E-state index contributed by atoms with van der Waals surface area (Å²) in [5.41, 5.74) is 1.64. The molecule has 0 unspecified atom stereocenters. The molecule has 3 aromatic rings. The number of hydrogen-bond donors (Lipinski definition) is 2. The number of fused-ring (bicyclic) bond motifs is 1. The molecule has 2 aromatic heterocycles.